The van der Waals surface area contributed by atoms with E-state index in [1.807, 2.05) is 34.6 Å². The smallest absolute Gasteiger partial charge is 0.246 e. The van der Waals surface area contributed by atoms with E-state index in [9.17, 15) is 26.8 Å². The van der Waals surface area contributed by atoms with Crippen LogP contribution in [0.3, 0.4) is 0 Å². The normalized spacial score (nSPS) is 23.8. The van der Waals surface area contributed by atoms with Crippen LogP contribution in [0.2, 0.25) is 0 Å². The van der Waals surface area contributed by atoms with E-state index >= 15 is 0 Å². The molecule has 2 N–H and O–H groups in total. The number of likely N-dealkylation sites (N-methyl/N-ethyl adjacent to an activating group) is 1. The van der Waals surface area contributed by atoms with Crippen LogP contribution in [0, 0.1) is 23.0 Å². The fourth-order valence-electron chi connectivity index (χ4n) is 5.12. The van der Waals surface area contributed by atoms with Gasteiger partial charge in [0.2, 0.25) is 21.8 Å². The van der Waals surface area contributed by atoms with E-state index in [0.29, 0.717) is 6.42 Å². The van der Waals surface area contributed by atoms with Gasteiger partial charge in [-0.2, -0.15) is 4.31 Å². The van der Waals surface area contributed by atoms with Crippen molar-refractivity contribution in [2.24, 2.45) is 11.3 Å². The van der Waals surface area contributed by atoms with Gasteiger partial charge in [-0.3, -0.25) is 9.59 Å². The van der Waals surface area contributed by atoms with Gasteiger partial charge in [-0.25, -0.2) is 17.2 Å². The summed E-state index contributed by atoms with van der Waals surface area (Å²) in [5, 5.41) is 5.71. The van der Waals surface area contributed by atoms with Crippen molar-refractivity contribution in [1.82, 2.24) is 19.8 Å². The lowest BCUT2D eigenvalue weighted by Gasteiger charge is -2.37. The van der Waals surface area contributed by atoms with E-state index in [1.54, 1.807) is 18.9 Å². The van der Waals surface area contributed by atoms with Gasteiger partial charge < -0.3 is 20.3 Å². The van der Waals surface area contributed by atoms with Crippen LogP contribution in [-0.4, -0.2) is 85.6 Å². The zero-order valence-electron chi connectivity index (χ0n) is 23.1. The molecule has 2 heterocycles. The first-order valence-electron chi connectivity index (χ1n) is 13.0. The molecule has 5 atom stereocenters. The summed E-state index contributed by atoms with van der Waals surface area (Å²) >= 11 is 0. The van der Waals surface area contributed by atoms with Gasteiger partial charge in [-0.15, -0.1) is 0 Å². The molecule has 12 heteroatoms. The van der Waals surface area contributed by atoms with Crippen molar-refractivity contribution in [3.05, 3.63) is 29.8 Å². The second-order valence-corrected chi connectivity index (χ2v) is 13.6. The van der Waals surface area contributed by atoms with Crippen molar-refractivity contribution in [2.75, 3.05) is 25.9 Å². The van der Waals surface area contributed by atoms with Crippen LogP contribution in [0.1, 0.15) is 48.0 Å². The molecule has 1 aromatic carbocycles. The summed E-state index contributed by atoms with van der Waals surface area (Å²) in [7, 11) is -2.03. The number of hydrogen-bond acceptors (Lipinski definition) is 6. The molecule has 0 spiro atoms. The van der Waals surface area contributed by atoms with Gasteiger partial charge >= 0.3 is 0 Å². The Balaban J connectivity index is 1.97. The highest BCUT2D eigenvalue weighted by atomic mass is 32.2. The van der Waals surface area contributed by atoms with Crippen LogP contribution >= 0.6 is 0 Å². The average Bonchev–Trinajstić information content (AvgIpc) is 3.38. The Hall–Kier alpha value is -2.31. The van der Waals surface area contributed by atoms with Crippen LogP contribution in [0.15, 0.2) is 18.2 Å². The maximum Gasteiger partial charge on any atom is 0.246 e. The lowest BCUT2D eigenvalue weighted by molar-refractivity contribution is -0.141. The maximum atomic E-state index is 14.0. The fourth-order valence-corrected chi connectivity index (χ4v) is 7.17. The van der Waals surface area contributed by atoms with Crippen LogP contribution in [0.5, 0.6) is 5.75 Å². The van der Waals surface area contributed by atoms with E-state index < -0.39 is 57.3 Å². The summed E-state index contributed by atoms with van der Waals surface area (Å²) in [6, 6.07) is 0.522. The molecule has 2 aliphatic heterocycles. The monoisotopic (exact) mass is 558 g/mol. The van der Waals surface area contributed by atoms with Crippen molar-refractivity contribution in [3.8, 4) is 5.75 Å². The lowest BCUT2D eigenvalue weighted by Crippen LogP contribution is -2.59. The second kappa shape index (κ2) is 11.4. The molecule has 0 radical (unpaired) electrons. The predicted molar refractivity (Wildman–Crippen MR) is 140 cm³/mol. The molecule has 2 saturated heterocycles. The number of ether oxygens (including phenoxy) is 1. The number of hydrogen-bond donors (Lipinski definition) is 2. The minimum atomic E-state index is -3.68. The quantitative estimate of drug-likeness (QED) is 0.481. The molecule has 2 amide bonds. The van der Waals surface area contributed by atoms with Crippen molar-refractivity contribution in [3.63, 3.8) is 0 Å². The molecule has 0 bridgehead atoms. The molecule has 3 rings (SSSR count). The van der Waals surface area contributed by atoms with E-state index in [2.05, 4.69) is 10.6 Å². The summed E-state index contributed by atoms with van der Waals surface area (Å²) in [5.74, 6) is -2.93. The maximum absolute atomic E-state index is 14.0. The van der Waals surface area contributed by atoms with E-state index in [-0.39, 0.29) is 42.3 Å². The third-order valence-corrected chi connectivity index (χ3v) is 9.34. The standard InChI is InChI=1S/C26H40F2N4O5S/c1-15(2)14-38(35,36)32-13-21(37-17-8-9-18(27)19(28)12-17)22-20(32)10-11-31(22)25(34)23(26(4,5)6)30-24(33)16(3)29-7/h8-9,12,15-16,20-23,29H,10-11,13-14H2,1-7H3,(H,30,33)/t16-,20+,21-,22-,23?/m0/s1. The second-order valence-electron chi connectivity index (χ2n) is 11.7. The van der Waals surface area contributed by atoms with E-state index in [4.69, 9.17) is 4.74 Å². The minimum Gasteiger partial charge on any atom is -0.487 e. The first-order valence-corrected chi connectivity index (χ1v) is 14.6. The van der Waals surface area contributed by atoms with Crippen LogP contribution in [0.4, 0.5) is 8.78 Å². The number of carbonyl (C=O) groups excluding carboxylic acids is 2. The fraction of sp³-hybridized carbons (Fsp3) is 0.692. The Bertz CT molecular complexity index is 1140. The number of rotatable bonds is 9. The molecule has 2 fully saturated rings. The Morgan fingerprint density at radius 1 is 1.16 bits per heavy atom. The average molecular weight is 559 g/mol. The Labute approximate surface area is 224 Å². The van der Waals surface area contributed by atoms with Gasteiger partial charge in [0.1, 0.15) is 17.9 Å². The number of sulfonamides is 1. The third-order valence-electron chi connectivity index (χ3n) is 7.12. The summed E-state index contributed by atoms with van der Waals surface area (Å²) in [6.45, 7) is 11.1. The number of amides is 2. The highest BCUT2D eigenvalue weighted by molar-refractivity contribution is 7.89. The van der Waals surface area contributed by atoms with Gasteiger partial charge in [-0.05, 0) is 43.9 Å². The van der Waals surface area contributed by atoms with E-state index in [0.717, 1.165) is 12.1 Å². The Kier molecular flexibility index (Phi) is 9.09. The van der Waals surface area contributed by atoms with Crippen LogP contribution < -0.4 is 15.4 Å². The number of benzene rings is 1. The molecule has 1 aromatic rings. The minimum absolute atomic E-state index is 0.0313. The Morgan fingerprint density at radius 2 is 1.82 bits per heavy atom. The first-order chi connectivity index (χ1) is 17.6. The lowest BCUT2D eigenvalue weighted by atomic mass is 9.85. The highest BCUT2D eigenvalue weighted by Crippen LogP contribution is 2.38. The molecule has 0 aliphatic carbocycles. The first kappa shape index (κ1) is 30.2. The summed E-state index contributed by atoms with van der Waals surface area (Å²) in [6.07, 6.45) is -0.422. The number of likely N-dealkylation sites (tertiary alicyclic amines) is 1. The SMILES string of the molecule is CN[C@@H](C)C(=O)NC(C(=O)N1CC[C@@H]2[C@H]1[C@@H](Oc1ccc(F)c(F)c1)CN2S(=O)(=O)CC(C)C)C(C)(C)C. The van der Waals surface area contributed by atoms with Crippen LogP contribution in [0.25, 0.3) is 0 Å². The van der Waals surface area contributed by atoms with E-state index in [1.165, 1.54) is 10.4 Å². The van der Waals surface area contributed by atoms with Gasteiger partial charge in [0, 0.05) is 12.6 Å². The molecule has 0 saturated carbocycles. The summed E-state index contributed by atoms with van der Waals surface area (Å²) in [4.78, 5) is 28.3. The molecule has 214 valence electrons. The number of carbonyl (C=O) groups is 2. The van der Waals surface area contributed by atoms with Gasteiger partial charge in [0.15, 0.2) is 11.6 Å². The zero-order chi connectivity index (χ0) is 28.6. The molecule has 9 nitrogen and oxygen atoms in total. The highest BCUT2D eigenvalue weighted by Gasteiger charge is 2.56. The summed E-state index contributed by atoms with van der Waals surface area (Å²) < 4.78 is 61.5. The molecule has 38 heavy (non-hydrogen) atoms. The number of halogens is 2. The van der Waals surface area contributed by atoms with Crippen molar-refractivity contribution < 1.29 is 31.5 Å². The van der Waals surface area contributed by atoms with Crippen molar-refractivity contribution >= 4 is 21.8 Å². The van der Waals surface area contributed by atoms with Gasteiger partial charge in [0.25, 0.3) is 0 Å². The molecule has 0 aromatic heterocycles. The topological polar surface area (TPSA) is 108 Å². The molecule has 2 aliphatic rings. The number of nitrogens with zero attached hydrogens (tertiary/aromatic N) is 2. The molecular weight excluding hydrogens is 518 g/mol. The third kappa shape index (κ3) is 6.45. The van der Waals surface area contributed by atoms with Gasteiger partial charge in [0.05, 0.1) is 30.4 Å². The van der Waals surface area contributed by atoms with Crippen molar-refractivity contribution in [2.45, 2.75) is 78.2 Å². The van der Waals surface area contributed by atoms with Gasteiger partial charge in [-0.1, -0.05) is 34.6 Å². The number of nitrogens with one attached hydrogen (secondary N) is 2. The zero-order valence-corrected chi connectivity index (χ0v) is 23.9. The van der Waals surface area contributed by atoms with Crippen molar-refractivity contribution in [1.29, 1.82) is 0 Å². The molecule has 1 unspecified atom stereocenters. The predicted octanol–water partition coefficient (Wildman–Crippen LogP) is 2.12. The largest absolute Gasteiger partial charge is 0.487 e. The Morgan fingerprint density at radius 3 is 2.37 bits per heavy atom. The number of fused-ring (bicyclic) bond motifs is 1. The van der Waals surface area contributed by atoms with Crippen LogP contribution in [-0.2, 0) is 19.6 Å². The molecular formula is C26H40F2N4O5S. The summed E-state index contributed by atoms with van der Waals surface area (Å²) in [5.41, 5.74) is -0.642.